The van der Waals surface area contributed by atoms with E-state index in [4.69, 9.17) is 0 Å². The van der Waals surface area contributed by atoms with Crippen LogP contribution in [-0.2, 0) is 0 Å². The Hall–Kier alpha value is -10.2. The predicted octanol–water partition coefficient (Wildman–Crippen LogP) is 27.3. The first-order valence-corrected chi connectivity index (χ1v) is 37.5. The highest BCUT2D eigenvalue weighted by molar-refractivity contribution is 6.47. The molecule has 0 aromatic heterocycles. The molecule has 0 radical (unpaired) electrons. The molecule has 3 fully saturated rings. The largest absolute Gasteiger partial charge is 0.334 e. The molecule has 0 amide bonds. The first-order chi connectivity index (χ1) is 49.0. The van der Waals surface area contributed by atoms with Gasteiger partial charge in [-0.05, 0) is 285 Å². The van der Waals surface area contributed by atoms with Gasteiger partial charge in [-0.3, -0.25) is 0 Å². The highest BCUT2D eigenvalue weighted by Crippen LogP contribution is 2.70. The van der Waals surface area contributed by atoms with Gasteiger partial charge in [0.25, 0.3) is 0 Å². The molecule has 0 bridgehead atoms. The minimum atomic E-state index is -0.0968. The van der Waals surface area contributed by atoms with E-state index in [0.717, 1.165) is 12.8 Å². The summed E-state index contributed by atoms with van der Waals surface area (Å²) in [6.45, 7) is 22.8. The Bertz CT molecular complexity index is 5690. The van der Waals surface area contributed by atoms with Gasteiger partial charge >= 0.3 is 0 Å². The summed E-state index contributed by atoms with van der Waals surface area (Å²) < 4.78 is 0. The van der Waals surface area contributed by atoms with Crippen molar-refractivity contribution < 1.29 is 0 Å². The Kier molecular flexibility index (Phi) is 12.1. The van der Waals surface area contributed by atoms with E-state index in [1.54, 1.807) is 0 Å². The summed E-state index contributed by atoms with van der Waals surface area (Å²) in [5.41, 5.74) is 25.3. The second kappa shape index (κ2) is 20.5. The third kappa shape index (κ3) is 7.55. The molecule has 21 rings (SSSR count). The summed E-state index contributed by atoms with van der Waals surface area (Å²) in [7, 11) is 0. The zero-order chi connectivity index (χ0) is 68.0. The van der Waals surface area contributed by atoms with Crippen LogP contribution < -0.4 is 14.7 Å². The number of rotatable bonds is 8. The van der Waals surface area contributed by atoms with E-state index in [1.807, 2.05) is 0 Å². The van der Waals surface area contributed by atoms with Crippen LogP contribution >= 0.6 is 0 Å². The molecule has 0 spiro atoms. The van der Waals surface area contributed by atoms with Crippen molar-refractivity contribution in [1.29, 1.82) is 0 Å². The molecule has 3 heterocycles. The molecular weight excluding hydrogens is 1220 g/mol. The lowest BCUT2D eigenvalue weighted by molar-refractivity contribution is 0.222. The van der Waals surface area contributed by atoms with Crippen LogP contribution in [0, 0.1) is 16.2 Å². The molecule has 492 valence electrons. The van der Waals surface area contributed by atoms with Gasteiger partial charge in [0.1, 0.15) is 0 Å². The number of hydrogen-bond acceptors (Lipinski definition) is 3. The van der Waals surface area contributed by atoms with Crippen LogP contribution in [0.5, 0.6) is 0 Å². The molecular formula is C98H85N3. The Morgan fingerprint density at radius 3 is 0.921 bits per heavy atom. The van der Waals surface area contributed by atoms with E-state index < -0.39 is 0 Å². The fourth-order valence-corrected chi connectivity index (χ4v) is 22.7. The van der Waals surface area contributed by atoms with Gasteiger partial charge in [-0.25, -0.2) is 0 Å². The number of para-hydroxylation sites is 3. The first-order valence-electron chi connectivity index (χ1n) is 37.5. The number of benzene rings is 13. The maximum absolute atomic E-state index is 2.73. The third-order valence-electron chi connectivity index (χ3n) is 28.5. The van der Waals surface area contributed by atoms with Gasteiger partial charge in [0.15, 0.2) is 0 Å². The van der Waals surface area contributed by atoms with Gasteiger partial charge in [-0.15, -0.1) is 0 Å². The fraction of sp³-hybridized carbons (Fsp3) is 0.245. The third-order valence-corrected chi connectivity index (χ3v) is 28.5. The van der Waals surface area contributed by atoms with Crippen molar-refractivity contribution in [2.45, 2.75) is 135 Å². The number of anilines is 6. The molecule has 6 atom stereocenters. The Balaban J connectivity index is 0.846. The van der Waals surface area contributed by atoms with Gasteiger partial charge in [-0.1, -0.05) is 230 Å². The normalized spacial score (nSPS) is 23.5. The van der Waals surface area contributed by atoms with Crippen LogP contribution in [0.1, 0.15) is 135 Å². The van der Waals surface area contributed by atoms with Gasteiger partial charge in [-0.2, -0.15) is 0 Å². The summed E-state index contributed by atoms with van der Waals surface area (Å²) in [5, 5.41) is 15.9. The van der Waals surface area contributed by atoms with E-state index in [9.17, 15) is 0 Å². The van der Waals surface area contributed by atoms with Gasteiger partial charge in [0.05, 0.1) is 16.6 Å². The van der Waals surface area contributed by atoms with Crippen LogP contribution in [0.2, 0.25) is 0 Å². The van der Waals surface area contributed by atoms with E-state index in [-0.39, 0.29) is 32.9 Å². The lowest BCUT2D eigenvalue weighted by Gasteiger charge is -2.47. The average Bonchev–Trinajstić information content (AvgIpc) is 1.53. The second-order valence-electron chi connectivity index (χ2n) is 33.6. The van der Waals surface area contributed by atoms with E-state index >= 15 is 0 Å². The molecule has 3 nitrogen and oxygen atoms in total. The van der Waals surface area contributed by atoms with Crippen LogP contribution in [0.15, 0.2) is 261 Å². The summed E-state index contributed by atoms with van der Waals surface area (Å²) in [4.78, 5) is 8.16. The number of nitrogens with zero attached hydrogens (tertiary/aromatic N) is 3. The molecule has 15 aromatic carbocycles. The van der Waals surface area contributed by atoms with E-state index in [0.29, 0.717) is 17.8 Å². The highest BCUT2D eigenvalue weighted by atomic mass is 15.3. The average molecular weight is 1300 g/mol. The summed E-state index contributed by atoms with van der Waals surface area (Å²) >= 11 is 0. The molecule has 0 saturated heterocycles. The van der Waals surface area contributed by atoms with Crippen molar-refractivity contribution in [2.24, 2.45) is 16.2 Å². The van der Waals surface area contributed by atoms with Gasteiger partial charge in [0.2, 0.25) is 0 Å². The molecule has 3 heteroatoms. The van der Waals surface area contributed by atoms with Crippen molar-refractivity contribution in [1.82, 2.24) is 0 Å². The highest BCUT2D eigenvalue weighted by Gasteiger charge is 2.63. The minimum Gasteiger partial charge on any atom is -0.334 e. The predicted molar refractivity (Wildman–Crippen MR) is 429 cm³/mol. The standard InChI is InChI=1S/C98H85N3/c1-93(2)53-50-78-75-56-61(38-47-81(75)99(96(78,93)7)64-30-19-12-20-31-64)67-41-44-72-86-70(67)36-25-37-71(86)89-84(59-26-15-10-16-27-59)91-73-45-42-68(62-39-48-82-76(57-62)79-51-54-94(3,4)97(79,8)100(82)65-32-21-13-22-33-65)87-69(43-46-74(88(73)87)92(91)85(90(72)89)60-28-17-11-18-29-60)63-40-49-83-77(58-63)80-52-55-95(5,6)98(80,9)101(83)66-34-23-14-24-35-66/h10-49,56-58,78-80H,50-55H2,1-9H3. The van der Waals surface area contributed by atoms with Crippen molar-refractivity contribution in [3.05, 3.63) is 278 Å². The zero-order valence-corrected chi connectivity index (χ0v) is 59.6. The van der Waals surface area contributed by atoms with Crippen LogP contribution in [-0.4, -0.2) is 16.6 Å². The van der Waals surface area contributed by atoms with Crippen molar-refractivity contribution in [3.63, 3.8) is 0 Å². The van der Waals surface area contributed by atoms with E-state index in [1.165, 1.54) is 197 Å². The molecule has 0 N–H and O–H groups in total. The van der Waals surface area contributed by atoms with E-state index in [2.05, 4.69) is 338 Å². The molecule has 3 aliphatic heterocycles. The van der Waals surface area contributed by atoms with Crippen molar-refractivity contribution in [2.75, 3.05) is 14.7 Å². The quantitative estimate of drug-likeness (QED) is 0.150. The zero-order valence-electron chi connectivity index (χ0n) is 59.6. The van der Waals surface area contributed by atoms with Crippen LogP contribution in [0.4, 0.5) is 34.1 Å². The van der Waals surface area contributed by atoms with Crippen LogP contribution in [0.25, 0.3) is 120 Å². The molecule has 101 heavy (non-hydrogen) atoms. The lowest BCUT2D eigenvalue weighted by atomic mass is 9.72. The minimum absolute atomic E-state index is 0.0578. The molecule has 3 aliphatic carbocycles. The molecule has 6 aliphatic rings. The van der Waals surface area contributed by atoms with Crippen molar-refractivity contribution in [3.8, 4) is 55.6 Å². The molecule has 6 unspecified atom stereocenters. The SMILES string of the molecule is CC1(C)CCC2c3cc(-c4ccc5c6c(-c7ccccc7)c7c8ccc(-c9ccc%10c(c9)C9CCC(C)(C)C9(C)N%10c9ccccc9)c9c(-c%10ccc%11c(c%10)C%10CCC(C)(C)C%10(C)N%11c%10ccccc%10)ccc(c7c(-c7ccccc7)c6c6cccc4c65)c98)ccc3N(c3ccccc3)C21C. The topological polar surface area (TPSA) is 9.72 Å². The Morgan fingerprint density at radius 1 is 0.248 bits per heavy atom. The van der Waals surface area contributed by atoms with Gasteiger partial charge in [0, 0.05) is 51.9 Å². The Morgan fingerprint density at radius 2 is 0.554 bits per heavy atom. The number of hydrogen-bond donors (Lipinski definition) is 0. The molecule has 15 aromatic rings. The smallest absolute Gasteiger partial charge is 0.0543 e. The van der Waals surface area contributed by atoms with Crippen molar-refractivity contribution >= 4 is 98.8 Å². The maximum Gasteiger partial charge on any atom is 0.0543 e. The van der Waals surface area contributed by atoms with Crippen LogP contribution in [0.3, 0.4) is 0 Å². The van der Waals surface area contributed by atoms with Gasteiger partial charge < -0.3 is 14.7 Å². The second-order valence-corrected chi connectivity index (χ2v) is 33.6. The lowest BCUT2D eigenvalue weighted by Crippen LogP contribution is -2.50. The maximum atomic E-state index is 2.73. The first kappa shape index (κ1) is 59.6. The summed E-state index contributed by atoms with van der Waals surface area (Å²) in [6.07, 6.45) is 7.06. The molecule has 3 saturated carbocycles. The fourth-order valence-electron chi connectivity index (χ4n) is 22.7. The number of fused-ring (bicyclic) bond motifs is 15. The summed E-state index contributed by atoms with van der Waals surface area (Å²) in [5.74, 6) is 1.18. The Labute approximate surface area is 594 Å². The summed E-state index contributed by atoms with van der Waals surface area (Å²) in [6, 6.07) is 102. The monoisotopic (exact) mass is 1300 g/mol.